The molecule has 1 N–H and O–H groups in total. The second kappa shape index (κ2) is 6.66. The second-order valence-electron chi connectivity index (χ2n) is 5.14. The number of anilines is 2. The van der Waals surface area contributed by atoms with Gasteiger partial charge in [0.25, 0.3) is 5.22 Å². The lowest BCUT2D eigenvalue weighted by Gasteiger charge is -2.01. The Hall–Kier alpha value is -2.27. The van der Waals surface area contributed by atoms with Gasteiger partial charge in [-0.25, -0.2) is 0 Å². The molecule has 0 fully saturated rings. The summed E-state index contributed by atoms with van der Waals surface area (Å²) in [6.45, 7) is 4.13. The van der Waals surface area contributed by atoms with Crippen molar-refractivity contribution in [2.24, 2.45) is 0 Å². The first-order valence-electron chi connectivity index (χ1n) is 7.04. The predicted octanol–water partition coefficient (Wildman–Crippen LogP) is 4.72. The first kappa shape index (κ1) is 14.7. The van der Waals surface area contributed by atoms with Crippen LogP contribution < -0.4 is 5.32 Å². The molecule has 3 rings (SSSR count). The van der Waals surface area contributed by atoms with Gasteiger partial charge in [0.1, 0.15) is 0 Å². The summed E-state index contributed by atoms with van der Waals surface area (Å²) in [7, 11) is 0. The monoisotopic (exact) mass is 311 g/mol. The maximum absolute atomic E-state index is 5.59. The van der Waals surface area contributed by atoms with Crippen LogP contribution in [-0.2, 0) is 5.75 Å². The van der Waals surface area contributed by atoms with Crippen molar-refractivity contribution < 1.29 is 4.42 Å². The maximum atomic E-state index is 5.59. The van der Waals surface area contributed by atoms with Crippen LogP contribution in [0.5, 0.6) is 0 Å². The van der Waals surface area contributed by atoms with Crippen molar-refractivity contribution >= 4 is 23.5 Å². The minimum Gasteiger partial charge on any atom is -0.398 e. The lowest BCUT2D eigenvalue weighted by molar-refractivity contribution is 0.468. The highest BCUT2D eigenvalue weighted by atomic mass is 32.2. The summed E-state index contributed by atoms with van der Waals surface area (Å²) < 4.78 is 5.59. The highest BCUT2D eigenvalue weighted by molar-refractivity contribution is 7.98. The fourth-order valence-corrected chi connectivity index (χ4v) is 2.63. The van der Waals surface area contributed by atoms with Crippen molar-refractivity contribution in [1.29, 1.82) is 0 Å². The first-order valence-corrected chi connectivity index (χ1v) is 8.03. The van der Waals surface area contributed by atoms with Crippen molar-refractivity contribution in [1.82, 2.24) is 10.2 Å². The van der Waals surface area contributed by atoms with Crippen LogP contribution >= 0.6 is 11.8 Å². The SMILES string of the molecule is Cc1ccc(CSc2nnc(Nc3ccc(C)cc3)o2)cc1. The van der Waals surface area contributed by atoms with Gasteiger partial charge in [0.05, 0.1) is 0 Å². The zero-order chi connectivity index (χ0) is 15.4. The van der Waals surface area contributed by atoms with E-state index in [4.69, 9.17) is 4.42 Å². The van der Waals surface area contributed by atoms with E-state index in [2.05, 4.69) is 53.6 Å². The fraction of sp³-hybridized carbons (Fsp3) is 0.176. The van der Waals surface area contributed by atoms with Crippen molar-refractivity contribution in [2.45, 2.75) is 24.8 Å². The standard InChI is InChI=1S/C17H17N3OS/c1-12-3-7-14(8-4-12)11-22-17-20-19-16(21-17)18-15-9-5-13(2)6-10-15/h3-10H,11H2,1-2H3,(H,18,19). The molecule has 0 aliphatic carbocycles. The summed E-state index contributed by atoms with van der Waals surface area (Å²) in [4.78, 5) is 0. The van der Waals surface area contributed by atoms with E-state index in [1.807, 2.05) is 24.3 Å². The average molecular weight is 311 g/mol. The maximum Gasteiger partial charge on any atom is 0.320 e. The molecule has 0 amide bonds. The summed E-state index contributed by atoms with van der Waals surface area (Å²) in [6, 6.07) is 16.9. The van der Waals surface area contributed by atoms with E-state index in [9.17, 15) is 0 Å². The molecule has 0 bridgehead atoms. The van der Waals surface area contributed by atoms with Crippen LogP contribution in [0.4, 0.5) is 11.7 Å². The highest BCUT2D eigenvalue weighted by Gasteiger charge is 2.07. The van der Waals surface area contributed by atoms with E-state index < -0.39 is 0 Å². The van der Waals surface area contributed by atoms with E-state index in [1.54, 1.807) is 0 Å². The molecule has 4 nitrogen and oxygen atoms in total. The number of aromatic nitrogens is 2. The quantitative estimate of drug-likeness (QED) is 0.691. The lowest BCUT2D eigenvalue weighted by Crippen LogP contribution is -1.89. The van der Waals surface area contributed by atoms with Gasteiger partial charge in [0, 0.05) is 11.4 Å². The molecule has 112 valence electrons. The second-order valence-corrected chi connectivity index (χ2v) is 6.07. The molecule has 0 aliphatic heterocycles. The van der Waals surface area contributed by atoms with E-state index in [0.717, 1.165) is 11.4 Å². The third kappa shape index (κ3) is 3.89. The molecule has 22 heavy (non-hydrogen) atoms. The van der Waals surface area contributed by atoms with Gasteiger partial charge < -0.3 is 9.73 Å². The van der Waals surface area contributed by atoms with Crippen LogP contribution in [0, 0.1) is 13.8 Å². The zero-order valence-corrected chi connectivity index (χ0v) is 13.4. The highest BCUT2D eigenvalue weighted by Crippen LogP contribution is 2.24. The summed E-state index contributed by atoms with van der Waals surface area (Å²) in [6.07, 6.45) is 0. The molecule has 0 spiro atoms. The molecule has 1 aromatic heterocycles. The van der Waals surface area contributed by atoms with Crippen molar-refractivity contribution in [3.05, 3.63) is 65.2 Å². The lowest BCUT2D eigenvalue weighted by atomic mass is 10.2. The smallest absolute Gasteiger partial charge is 0.320 e. The summed E-state index contributed by atoms with van der Waals surface area (Å²) in [5.41, 5.74) is 4.65. The molecular formula is C17H17N3OS. The number of aryl methyl sites for hydroxylation is 2. The average Bonchev–Trinajstić information content (AvgIpc) is 2.97. The Labute approximate surface area is 134 Å². The van der Waals surface area contributed by atoms with Gasteiger partial charge in [-0.2, -0.15) is 0 Å². The van der Waals surface area contributed by atoms with Gasteiger partial charge in [-0.15, -0.1) is 0 Å². The molecule has 0 atom stereocenters. The van der Waals surface area contributed by atoms with Crippen LogP contribution in [0.1, 0.15) is 16.7 Å². The Balaban J connectivity index is 1.59. The van der Waals surface area contributed by atoms with E-state index >= 15 is 0 Å². The molecule has 0 radical (unpaired) electrons. The number of rotatable bonds is 5. The van der Waals surface area contributed by atoms with E-state index in [0.29, 0.717) is 11.2 Å². The normalized spacial score (nSPS) is 10.6. The molecule has 0 saturated heterocycles. The number of nitrogens with one attached hydrogen (secondary N) is 1. The Morgan fingerprint density at radius 2 is 1.55 bits per heavy atom. The van der Waals surface area contributed by atoms with Crippen LogP contribution in [0.3, 0.4) is 0 Å². The predicted molar refractivity (Wildman–Crippen MR) is 89.5 cm³/mol. The Morgan fingerprint density at radius 1 is 0.909 bits per heavy atom. The molecule has 2 aromatic carbocycles. The van der Waals surface area contributed by atoms with Crippen LogP contribution in [0.25, 0.3) is 0 Å². The third-order valence-electron chi connectivity index (χ3n) is 3.19. The number of hydrogen-bond acceptors (Lipinski definition) is 5. The summed E-state index contributed by atoms with van der Waals surface area (Å²) >= 11 is 1.53. The van der Waals surface area contributed by atoms with E-state index in [1.165, 1.54) is 28.5 Å². The van der Waals surface area contributed by atoms with Crippen molar-refractivity contribution in [3.8, 4) is 0 Å². The molecular weight excluding hydrogens is 294 g/mol. The van der Waals surface area contributed by atoms with Gasteiger partial charge in [0.2, 0.25) is 0 Å². The fourth-order valence-electron chi connectivity index (χ4n) is 1.91. The Bertz CT molecular complexity index is 735. The van der Waals surface area contributed by atoms with Crippen LogP contribution in [0.2, 0.25) is 0 Å². The minimum absolute atomic E-state index is 0.412. The van der Waals surface area contributed by atoms with Gasteiger partial charge in [-0.05, 0) is 31.5 Å². The van der Waals surface area contributed by atoms with Gasteiger partial charge in [0.15, 0.2) is 0 Å². The summed E-state index contributed by atoms with van der Waals surface area (Å²) in [5, 5.41) is 11.7. The van der Waals surface area contributed by atoms with Crippen molar-refractivity contribution in [2.75, 3.05) is 5.32 Å². The van der Waals surface area contributed by atoms with Gasteiger partial charge >= 0.3 is 6.01 Å². The summed E-state index contributed by atoms with van der Waals surface area (Å²) in [5.74, 6) is 0.812. The van der Waals surface area contributed by atoms with Gasteiger partial charge in [-0.1, -0.05) is 69.5 Å². The Kier molecular flexibility index (Phi) is 4.44. The van der Waals surface area contributed by atoms with Crippen LogP contribution in [0.15, 0.2) is 58.2 Å². The van der Waals surface area contributed by atoms with Crippen molar-refractivity contribution in [3.63, 3.8) is 0 Å². The molecule has 1 heterocycles. The zero-order valence-electron chi connectivity index (χ0n) is 12.5. The molecule has 0 unspecified atom stereocenters. The Morgan fingerprint density at radius 3 is 2.23 bits per heavy atom. The molecule has 0 aliphatic rings. The number of nitrogens with zero attached hydrogens (tertiary/aromatic N) is 2. The molecule has 3 aromatic rings. The largest absolute Gasteiger partial charge is 0.398 e. The third-order valence-corrected chi connectivity index (χ3v) is 4.08. The van der Waals surface area contributed by atoms with E-state index in [-0.39, 0.29) is 0 Å². The number of benzene rings is 2. The number of thioether (sulfide) groups is 1. The molecule has 5 heteroatoms. The first-order chi connectivity index (χ1) is 10.7. The minimum atomic E-state index is 0.412. The van der Waals surface area contributed by atoms with Crippen LogP contribution in [-0.4, -0.2) is 10.2 Å². The van der Waals surface area contributed by atoms with Gasteiger partial charge in [-0.3, -0.25) is 0 Å². The molecule has 0 saturated carbocycles. The topological polar surface area (TPSA) is 51.0 Å². The number of hydrogen-bond donors (Lipinski definition) is 1.